The third kappa shape index (κ3) is 1.41. The zero-order chi connectivity index (χ0) is 10.3. The van der Waals surface area contributed by atoms with Crippen molar-refractivity contribution in [2.24, 2.45) is 15.0 Å². The molecule has 0 aromatic heterocycles. The monoisotopic (exact) mass is 220 g/mol. The van der Waals surface area contributed by atoms with Crippen LogP contribution in [0.15, 0.2) is 15.0 Å². The fourth-order valence-corrected chi connectivity index (χ4v) is 1.30. The van der Waals surface area contributed by atoms with Gasteiger partial charge in [-0.15, -0.1) is 0 Å². The normalized spacial score (nSPS) is 25.4. The molecule has 0 saturated carbocycles. The molecule has 2 aliphatic rings. The van der Waals surface area contributed by atoms with Gasteiger partial charge in [-0.05, 0) is 0 Å². The van der Waals surface area contributed by atoms with Crippen molar-refractivity contribution in [3.8, 4) is 0 Å². The van der Waals surface area contributed by atoms with Gasteiger partial charge in [0.15, 0.2) is 6.04 Å². The van der Waals surface area contributed by atoms with Gasteiger partial charge in [0, 0.05) is 0 Å². The molecule has 1 unspecified atom stereocenters. The quantitative estimate of drug-likeness (QED) is 0.610. The summed E-state index contributed by atoms with van der Waals surface area (Å²) in [5.41, 5.74) is 0. The number of fused-ring (bicyclic) bond motifs is 1. The molecule has 2 rings (SSSR count). The second-order valence-electron chi connectivity index (χ2n) is 2.60. The summed E-state index contributed by atoms with van der Waals surface area (Å²) in [6, 6.07) is -0.656. The number of thiocarbonyl (C=S) groups is 1. The average Bonchev–Trinajstić information content (AvgIpc) is 2.50. The van der Waals surface area contributed by atoms with E-state index in [2.05, 4.69) is 27.2 Å². The van der Waals surface area contributed by atoms with Gasteiger partial charge in [-0.1, -0.05) is 12.2 Å². The second kappa shape index (κ2) is 2.84. The van der Waals surface area contributed by atoms with Crippen molar-refractivity contribution in [2.75, 3.05) is 0 Å². The van der Waals surface area contributed by atoms with Crippen LogP contribution < -0.4 is 5.32 Å². The van der Waals surface area contributed by atoms with E-state index in [4.69, 9.17) is 0 Å². The Labute approximate surface area is 81.6 Å². The molecule has 0 radical (unpaired) electrons. The van der Waals surface area contributed by atoms with E-state index in [-0.39, 0.29) is 10.8 Å². The molecule has 4 nitrogen and oxygen atoms in total. The minimum atomic E-state index is -4.54. The number of rotatable bonds is 0. The van der Waals surface area contributed by atoms with E-state index < -0.39 is 18.1 Å². The number of aliphatic imine (C=N–C) groups is 3. The minimum Gasteiger partial charge on any atom is -0.322 e. The smallest absolute Gasteiger partial charge is 0.322 e. The Kier molecular flexibility index (Phi) is 1.88. The van der Waals surface area contributed by atoms with Crippen molar-refractivity contribution in [1.29, 1.82) is 0 Å². The number of nitrogens with zero attached hydrogens (tertiary/aromatic N) is 3. The first kappa shape index (κ1) is 9.25. The van der Waals surface area contributed by atoms with Crippen molar-refractivity contribution in [1.82, 2.24) is 5.32 Å². The zero-order valence-corrected chi connectivity index (χ0v) is 7.35. The van der Waals surface area contributed by atoms with Crippen LogP contribution in [0.4, 0.5) is 13.2 Å². The second-order valence-corrected chi connectivity index (χ2v) is 3.02. The van der Waals surface area contributed by atoms with Crippen LogP contribution in [-0.4, -0.2) is 35.2 Å². The van der Waals surface area contributed by atoms with E-state index in [1.54, 1.807) is 0 Å². The molecule has 0 saturated heterocycles. The molecule has 1 atom stereocenters. The Hall–Kier alpha value is -1.31. The van der Waals surface area contributed by atoms with Crippen LogP contribution >= 0.6 is 12.2 Å². The lowest BCUT2D eigenvalue weighted by atomic mass is 10.2. The van der Waals surface area contributed by atoms with Gasteiger partial charge in [-0.3, -0.25) is 4.99 Å². The summed E-state index contributed by atoms with van der Waals surface area (Å²) in [4.78, 5) is 10.5. The van der Waals surface area contributed by atoms with Gasteiger partial charge >= 0.3 is 6.18 Å². The predicted octanol–water partition coefficient (Wildman–Crippen LogP) is 0.687. The summed E-state index contributed by atoms with van der Waals surface area (Å²) in [6.07, 6.45) is -3.38. The van der Waals surface area contributed by atoms with E-state index in [0.29, 0.717) is 0 Å². The number of amidine groups is 2. The van der Waals surface area contributed by atoms with Crippen LogP contribution in [0.1, 0.15) is 0 Å². The lowest BCUT2D eigenvalue weighted by molar-refractivity contribution is -0.0608. The standard InChI is InChI=1S/C6H3F3N4S/c7-6(8,9)5-12-3-2(4(14)13-5)10-1-11-3/h1-2H,(H,10,11,12,13,14). The molecule has 2 aliphatic heterocycles. The molecule has 0 aliphatic carbocycles. The first-order chi connectivity index (χ1) is 6.48. The van der Waals surface area contributed by atoms with Gasteiger partial charge in [-0.2, -0.15) is 13.2 Å². The van der Waals surface area contributed by atoms with E-state index in [1.807, 2.05) is 5.32 Å². The molecule has 74 valence electrons. The zero-order valence-electron chi connectivity index (χ0n) is 6.54. The van der Waals surface area contributed by atoms with Crippen molar-refractivity contribution in [3.05, 3.63) is 0 Å². The summed E-state index contributed by atoms with van der Waals surface area (Å²) in [5, 5.41) is 2.05. The minimum absolute atomic E-state index is 0.0809. The van der Waals surface area contributed by atoms with Gasteiger partial charge in [0.25, 0.3) is 0 Å². The highest BCUT2D eigenvalue weighted by Crippen LogP contribution is 2.20. The highest BCUT2D eigenvalue weighted by atomic mass is 32.1. The maximum Gasteiger partial charge on any atom is 0.449 e. The van der Waals surface area contributed by atoms with E-state index in [0.717, 1.165) is 6.34 Å². The molecule has 8 heteroatoms. The van der Waals surface area contributed by atoms with Crippen LogP contribution in [0.2, 0.25) is 0 Å². The topological polar surface area (TPSA) is 49.1 Å². The van der Waals surface area contributed by atoms with Crippen LogP contribution in [0.5, 0.6) is 0 Å². The number of nitrogens with one attached hydrogen (secondary N) is 1. The van der Waals surface area contributed by atoms with Crippen LogP contribution in [0.25, 0.3) is 0 Å². The first-order valence-electron chi connectivity index (χ1n) is 3.54. The van der Waals surface area contributed by atoms with Gasteiger partial charge in [0.2, 0.25) is 5.84 Å². The first-order valence-corrected chi connectivity index (χ1v) is 3.95. The van der Waals surface area contributed by atoms with E-state index in [1.165, 1.54) is 0 Å². The molecule has 0 aromatic carbocycles. The summed E-state index contributed by atoms with van der Waals surface area (Å²) in [5.74, 6) is -1.06. The Morgan fingerprint density at radius 1 is 1.43 bits per heavy atom. The van der Waals surface area contributed by atoms with Gasteiger partial charge in [0.1, 0.15) is 17.2 Å². The van der Waals surface area contributed by atoms with Gasteiger partial charge < -0.3 is 5.32 Å². The summed E-state index contributed by atoms with van der Waals surface area (Å²) in [6.45, 7) is 0. The fraction of sp³-hybridized carbons (Fsp3) is 0.333. The van der Waals surface area contributed by atoms with Crippen LogP contribution in [-0.2, 0) is 0 Å². The van der Waals surface area contributed by atoms with Gasteiger partial charge in [0.05, 0.1) is 0 Å². The SMILES string of the molecule is FC(F)(F)C1=NC(=S)C2N=CN=C2N1. The van der Waals surface area contributed by atoms with Crippen LogP contribution in [0.3, 0.4) is 0 Å². The molecular formula is C6H3F3N4S. The van der Waals surface area contributed by atoms with E-state index >= 15 is 0 Å². The lowest BCUT2D eigenvalue weighted by Gasteiger charge is -2.20. The molecule has 0 bridgehead atoms. The molecule has 1 N–H and O–H groups in total. The highest BCUT2D eigenvalue weighted by molar-refractivity contribution is 7.80. The Morgan fingerprint density at radius 2 is 2.14 bits per heavy atom. The summed E-state index contributed by atoms with van der Waals surface area (Å²) >= 11 is 4.67. The maximum atomic E-state index is 12.2. The van der Waals surface area contributed by atoms with Crippen molar-refractivity contribution in [3.63, 3.8) is 0 Å². The largest absolute Gasteiger partial charge is 0.449 e. The molecule has 0 aromatic rings. The lowest BCUT2D eigenvalue weighted by Crippen LogP contribution is -2.50. The van der Waals surface area contributed by atoms with Crippen molar-refractivity contribution < 1.29 is 13.2 Å². The number of hydrogen-bond donors (Lipinski definition) is 1. The fourth-order valence-electron chi connectivity index (χ4n) is 1.04. The maximum absolute atomic E-state index is 12.2. The number of hydrogen-bond acceptors (Lipinski definition) is 4. The Bertz CT molecular complexity index is 381. The molecule has 0 spiro atoms. The van der Waals surface area contributed by atoms with Gasteiger partial charge in [-0.25, -0.2) is 9.98 Å². The number of alkyl halides is 3. The summed E-state index contributed by atoms with van der Waals surface area (Å²) < 4.78 is 36.7. The molecule has 14 heavy (non-hydrogen) atoms. The summed E-state index contributed by atoms with van der Waals surface area (Å²) in [7, 11) is 0. The van der Waals surface area contributed by atoms with Crippen LogP contribution in [0, 0.1) is 0 Å². The molecule has 0 amide bonds. The Morgan fingerprint density at radius 3 is 2.79 bits per heavy atom. The Balaban J connectivity index is 2.34. The van der Waals surface area contributed by atoms with Crippen molar-refractivity contribution in [2.45, 2.75) is 12.2 Å². The van der Waals surface area contributed by atoms with E-state index in [9.17, 15) is 13.2 Å². The third-order valence-electron chi connectivity index (χ3n) is 1.64. The third-order valence-corrected chi connectivity index (χ3v) is 1.96. The van der Waals surface area contributed by atoms with Crippen molar-refractivity contribution >= 4 is 35.2 Å². The molecule has 2 heterocycles. The highest BCUT2D eigenvalue weighted by Gasteiger charge is 2.42. The predicted molar refractivity (Wildman–Crippen MR) is 48.9 cm³/mol. The molecular weight excluding hydrogens is 217 g/mol. The average molecular weight is 220 g/mol. The molecule has 0 fully saturated rings. The number of halogens is 3.